The maximum atomic E-state index is 12.9. The predicted octanol–water partition coefficient (Wildman–Crippen LogP) is 0.220. The summed E-state index contributed by atoms with van der Waals surface area (Å²) in [4.78, 5) is 13.9. The third-order valence-corrected chi connectivity index (χ3v) is 6.55. The summed E-state index contributed by atoms with van der Waals surface area (Å²) in [6, 6.07) is 4.18. The number of methoxy groups -OCH3 is 1. The quantitative estimate of drug-likeness (QED) is 0.790. The molecule has 25 heavy (non-hydrogen) atoms. The highest BCUT2D eigenvalue weighted by Gasteiger charge is 2.33. The van der Waals surface area contributed by atoms with E-state index in [2.05, 4.69) is 8.73 Å². The molecule has 1 unspecified atom stereocenters. The van der Waals surface area contributed by atoms with E-state index < -0.39 is 16.1 Å². The van der Waals surface area contributed by atoms with Gasteiger partial charge in [0.2, 0.25) is 15.9 Å². The Kier molecular flexibility index (Phi) is 5.29. The van der Waals surface area contributed by atoms with Crippen LogP contribution in [0, 0.1) is 0 Å². The van der Waals surface area contributed by atoms with Crippen LogP contribution in [0.5, 0.6) is 0 Å². The van der Waals surface area contributed by atoms with E-state index in [-0.39, 0.29) is 30.5 Å². The Hall–Kier alpha value is -1.66. The molecule has 1 amide bonds. The molecule has 2 heterocycles. The van der Waals surface area contributed by atoms with E-state index in [1.165, 1.54) is 17.5 Å². The smallest absolute Gasteiger partial charge is 0.245 e. The van der Waals surface area contributed by atoms with Gasteiger partial charge in [-0.15, -0.1) is 0 Å². The Balaban J connectivity index is 1.72. The Bertz CT molecular complexity index is 843. The molecule has 0 aliphatic carbocycles. The van der Waals surface area contributed by atoms with Gasteiger partial charge in [0.25, 0.3) is 0 Å². The number of amides is 1. The van der Waals surface area contributed by atoms with Crippen LogP contribution in [0.4, 0.5) is 11.4 Å². The van der Waals surface area contributed by atoms with E-state index >= 15 is 0 Å². The van der Waals surface area contributed by atoms with Gasteiger partial charge in [-0.1, -0.05) is 6.07 Å². The summed E-state index contributed by atoms with van der Waals surface area (Å²) in [7, 11) is -2.22. The van der Waals surface area contributed by atoms with Gasteiger partial charge in [-0.2, -0.15) is 13.0 Å². The van der Waals surface area contributed by atoms with E-state index in [0.29, 0.717) is 24.5 Å². The second kappa shape index (κ2) is 7.30. The third-order valence-electron chi connectivity index (χ3n) is 4.08. The average molecular weight is 385 g/mol. The van der Waals surface area contributed by atoms with Crippen LogP contribution in [-0.2, 0) is 30.9 Å². The van der Waals surface area contributed by atoms with Crippen LogP contribution >= 0.6 is 0 Å². The Morgan fingerprint density at radius 3 is 2.72 bits per heavy atom. The van der Waals surface area contributed by atoms with Gasteiger partial charge in [0.15, 0.2) is 0 Å². The number of nitrogens with two attached hydrogens (primary N) is 1. The lowest BCUT2D eigenvalue weighted by Gasteiger charge is -2.35. The molecule has 2 aliphatic rings. The first-order valence-electron chi connectivity index (χ1n) is 7.70. The zero-order valence-corrected chi connectivity index (χ0v) is 15.3. The number of benzene rings is 1. The van der Waals surface area contributed by atoms with Crippen molar-refractivity contribution in [3.8, 4) is 0 Å². The number of hydrogen-bond donors (Lipinski definition) is 1. The minimum Gasteiger partial charge on any atom is -0.383 e. The molecule has 9 nitrogen and oxygen atoms in total. The monoisotopic (exact) mass is 385 g/mol. The largest absolute Gasteiger partial charge is 0.383 e. The fraction of sp³-hybridized carbons (Fsp3) is 0.500. The van der Waals surface area contributed by atoms with Crippen molar-refractivity contribution in [3.63, 3.8) is 0 Å². The third kappa shape index (κ3) is 3.51. The molecule has 0 spiro atoms. The second-order valence-electron chi connectivity index (χ2n) is 5.68. The topological polar surface area (TPSA) is 118 Å². The minimum absolute atomic E-state index is 0.135. The molecule has 11 heteroatoms. The lowest BCUT2D eigenvalue weighted by atomic mass is 10.2. The molecular weight excluding hydrogens is 366 g/mol. The van der Waals surface area contributed by atoms with Crippen molar-refractivity contribution in [3.05, 3.63) is 18.2 Å². The molecule has 3 rings (SSSR count). The fourth-order valence-corrected chi connectivity index (χ4v) is 4.94. The van der Waals surface area contributed by atoms with Crippen LogP contribution in [-0.4, -0.2) is 69.5 Å². The Labute approximate surface area is 149 Å². The zero-order valence-electron chi connectivity index (χ0n) is 13.7. The van der Waals surface area contributed by atoms with E-state index in [1.54, 1.807) is 17.0 Å². The zero-order chi connectivity index (χ0) is 18.0. The highest BCUT2D eigenvalue weighted by molar-refractivity contribution is 7.89. The first-order valence-corrected chi connectivity index (χ1v) is 9.87. The van der Waals surface area contributed by atoms with Gasteiger partial charge in [-0.05, 0) is 12.1 Å². The van der Waals surface area contributed by atoms with Crippen LogP contribution in [0.1, 0.15) is 0 Å². The highest BCUT2D eigenvalue weighted by Crippen LogP contribution is 2.38. The standard InChI is InChI=1S/C14H19N5O4S2/c1-23-9-10(15)14(20)18-5-7-19(8-6-18)25(21,22)12-4-2-3-11-13(12)17-24-16-11/h2-4,10H,5-9,15H2,1H3. The number of carbonyl (C=O) groups excluding carboxylic acids is 1. The maximum absolute atomic E-state index is 12.9. The molecule has 136 valence electrons. The molecule has 0 radical (unpaired) electrons. The van der Waals surface area contributed by atoms with Crippen molar-refractivity contribution in [1.82, 2.24) is 9.21 Å². The minimum atomic E-state index is -3.69. The van der Waals surface area contributed by atoms with Gasteiger partial charge >= 0.3 is 0 Å². The number of ether oxygens (including phenoxy) is 1. The van der Waals surface area contributed by atoms with E-state index in [4.69, 9.17) is 10.5 Å². The summed E-state index contributed by atoms with van der Waals surface area (Å²) in [5.74, 6) is -0.232. The lowest BCUT2D eigenvalue weighted by molar-refractivity contribution is -0.134. The van der Waals surface area contributed by atoms with Crippen LogP contribution in [0.25, 0.3) is 0 Å². The highest BCUT2D eigenvalue weighted by atomic mass is 32.2. The first kappa shape index (κ1) is 18.1. The van der Waals surface area contributed by atoms with Gasteiger partial charge in [0, 0.05) is 33.3 Å². The number of fused-ring (bicyclic) bond motifs is 1. The number of rotatable bonds is 5. The molecule has 1 atom stereocenters. The normalized spacial score (nSPS) is 18.7. The SMILES string of the molecule is COCC(N)C(=O)N1CCN(S(=O)(=O)c2cccc3c2N=S=N3)CC1. The Morgan fingerprint density at radius 2 is 2.04 bits per heavy atom. The van der Waals surface area contributed by atoms with E-state index in [9.17, 15) is 13.2 Å². The molecule has 0 saturated carbocycles. The first-order chi connectivity index (χ1) is 11.9. The molecular formula is C14H19N5O4S2. The van der Waals surface area contributed by atoms with Crippen molar-refractivity contribution >= 4 is 38.7 Å². The van der Waals surface area contributed by atoms with Crippen molar-refractivity contribution in [1.29, 1.82) is 0 Å². The number of nitrogens with zero attached hydrogens (tertiary/aromatic N) is 4. The molecule has 2 N–H and O–H groups in total. The van der Waals surface area contributed by atoms with E-state index in [0.717, 1.165) is 11.4 Å². The molecule has 2 aliphatic heterocycles. The summed E-state index contributed by atoms with van der Waals surface area (Å²) < 4.78 is 40.3. The number of sulfonamides is 1. The van der Waals surface area contributed by atoms with Gasteiger partial charge in [0.05, 0.1) is 18.0 Å². The maximum Gasteiger partial charge on any atom is 0.245 e. The molecule has 0 aromatic heterocycles. The molecule has 1 aromatic rings. The van der Waals surface area contributed by atoms with Crippen molar-refractivity contribution in [2.24, 2.45) is 14.5 Å². The molecule has 1 saturated heterocycles. The van der Waals surface area contributed by atoms with Crippen LogP contribution in [0.3, 0.4) is 0 Å². The molecule has 1 fully saturated rings. The number of hydrogen-bond acceptors (Lipinski definition) is 7. The second-order valence-corrected chi connectivity index (χ2v) is 8.11. The van der Waals surface area contributed by atoms with Gasteiger partial charge in [-0.25, -0.2) is 8.42 Å². The predicted molar refractivity (Wildman–Crippen MR) is 93.2 cm³/mol. The molecule has 1 aromatic carbocycles. The van der Waals surface area contributed by atoms with Crippen molar-refractivity contribution in [2.45, 2.75) is 10.9 Å². The van der Waals surface area contributed by atoms with Crippen LogP contribution in [0.15, 0.2) is 31.8 Å². The summed E-state index contributed by atoms with van der Waals surface area (Å²) in [6.45, 7) is 1.14. The van der Waals surface area contributed by atoms with E-state index in [1.807, 2.05) is 0 Å². The van der Waals surface area contributed by atoms with Gasteiger partial charge < -0.3 is 15.4 Å². The average Bonchev–Trinajstić information content (AvgIpc) is 3.10. The summed E-state index contributed by atoms with van der Waals surface area (Å²) >= 11 is 0.980. The summed E-state index contributed by atoms with van der Waals surface area (Å²) in [6.07, 6.45) is 0. The van der Waals surface area contributed by atoms with Gasteiger partial charge in [0.1, 0.15) is 22.3 Å². The van der Waals surface area contributed by atoms with Crippen molar-refractivity contribution < 1.29 is 17.9 Å². The Morgan fingerprint density at radius 1 is 1.32 bits per heavy atom. The number of piperazine rings is 1. The van der Waals surface area contributed by atoms with Crippen LogP contribution < -0.4 is 5.73 Å². The fourth-order valence-electron chi connectivity index (χ4n) is 2.76. The number of carbonyl (C=O) groups is 1. The van der Waals surface area contributed by atoms with Crippen LogP contribution in [0.2, 0.25) is 0 Å². The lowest BCUT2D eigenvalue weighted by Crippen LogP contribution is -2.55. The van der Waals surface area contributed by atoms with Crippen molar-refractivity contribution in [2.75, 3.05) is 39.9 Å². The summed E-state index contributed by atoms with van der Waals surface area (Å²) in [5, 5.41) is 0. The summed E-state index contributed by atoms with van der Waals surface area (Å²) in [5.41, 5.74) is 6.70. The molecule has 0 bridgehead atoms. The van der Waals surface area contributed by atoms with Gasteiger partial charge in [-0.3, -0.25) is 4.79 Å².